The minimum atomic E-state index is -1.97. The molecule has 0 aliphatic heterocycles. The van der Waals surface area contributed by atoms with Gasteiger partial charge in [-0.25, -0.2) is 0 Å². The molecule has 9 aromatic rings. The second-order valence-electron chi connectivity index (χ2n) is 16.5. The summed E-state index contributed by atoms with van der Waals surface area (Å²) in [6, 6.07) is -14.2. The molecule has 0 amide bonds. The smallest absolute Gasteiger partial charge is 0.136 e. The second kappa shape index (κ2) is 13.2. The summed E-state index contributed by atoms with van der Waals surface area (Å²) >= 11 is 0. The van der Waals surface area contributed by atoms with Gasteiger partial charge in [-0.2, -0.15) is 0 Å². The third-order valence-electron chi connectivity index (χ3n) is 11.9. The molecule has 1 atom stereocenters. The number of nitrogens with zero attached hydrogens (tertiary/aromatic N) is 1. The van der Waals surface area contributed by atoms with E-state index in [1.54, 1.807) is 41.5 Å². The van der Waals surface area contributed by atoms with Crippen LogP contribution in [-0.4, -0.2) is 0 Å². The molecule has 1 aliphatic carbocycles. The van der Waals surface area contributed by atoms with Gasteiger partial charge >= 0.3 is 0 Å². The summed E-state index contributed by atoms with van der Waals surface area (Å²) in [5.74, 6) is -1.85. The molecule has 0 bridgehead atoms. The van der Waals surface area contributed by atoms with E-state index in [1.807, 2.05) is 0 Å². The Labute approximate surface area is 381 Å². The van der Waals surface area contributed by atoms with E-state index in [-0.39, 0.29) is 90.6 Å². The van der Waals surface area contributed by atoms with Crippen LogP contribution in [0.5, 0.6) is 0 Å². The lowest BCUT2D eigenvalue weighted by atomic mass is 9.55. The van der Waals surface area contributed by atoms with E-state index in [0.29, 0.717) is 11.1 Å². The maximum atomic E-state index is 10.8. The summed E-state index contributed by atoms with van der Waals surface area (Å²) in [6.45, 7) is 15.8. The van der Waals surface area contributed by atoms with E-state index < -0.39 is 170 Å². The van der Waals surface area contributed by atoms with Crippen LogP contribution < -0.4 is 4.90 Å². The van der Waals surface area contributed by atoms with Crippen molar-refractivity contribution in [3.8, 4) is 22.3 Å². The van der Waals surface area contributed by atoms with Crippen LogP contribution in [0.4, 0.5) is 17.1 Å². The van der Waals surface area contributed by atoms with Crippen molar-refractivity contribution in [2.75, 3.05) is 4.90 Å². The monoisotopic (exact) mass is 791 g/mol. The lowest BCUT2D eigenvalue weighted by Gasteiger charge is -2.47. The van der Waals surface area contributed by atoms with Gasteiger partial charge in [0.2, 0.25) is 0 Å². The van der Waals surface area contributed by atoms with E-state index in [1.165, 1.54) is 27.7 Å². The number of hydrogen-bond acceptors (Lipinski definition) is 2. The van der Waals surface area contributed by atoms with Crippen molar-refractivity contribution in [1.82, 2.24) is 0 Å². The van der Waals surface area contributed by atoms with Crippen molar-refractivity contribution in [3.63, 3.8) is 0 Å². The van der Waals surface area contributed by atoms with Crippen LogP contribution in [0.25, 0.3) is 65.7 Å². The maximum Gasteiger partial charge on any atom is 0.136 e. The van der Waals surface area contributed by atoms with Crippen molar-refractivity contribution >= 4 is 60.5 Å². The average Bonchev–Trinajstić information content (AvgIpc) is 1.47. The van der Waals surface area contributed by atoms with Crippen LogP contribution in [0.1, 0.15) is 105 Å². The van der Waals surface area contributed by atoms with Crippen molar-refractivity contribution in [2.45, 2.75) is 74.7 Å². The first-order chi connectivity index (χ1) is 37.8. The molecule has 292 valence electrons. The summed E-state index contributed by atoms with van der Waals surface area (Å²) < 4.78 is 224. The molecule has 1 heterocycles. The standard InChI is InChI=1S/C57H53NO/c1-33(2)57(56(8,9)10)49-22-16-15-20-43(49)47-28-36(5)51(32-50(47)57)58(52-29-39-17-11-12-18-41(39)42-19-13-14-21-44(42)52)40-25-26-53-48(30-40)55-38(7)37(6)46(31-54(55)59-53)45-27-34(3)23-24-35(45)4/h11-33H,1-10H3/i11D,12D,13D,14D,15D,16D,17D,18D,19D,20D,21D,22D,23D,24D,25D,26D,27D,28D,29D,30D,31D,32D,33D. The van der Waals surface area contributed by atoms with Crippen molar-refractivity contribution < 1.29 is 35.9 Å². The van der Waals surface area contributed by atoms with Gasteiger partial charge in [-0.3, -0.25) is 0 Å². The molecule has 2 nitrogen and oxygen atoms in total. The number of anilines is 3. The van der Waals surface area contributed by atoms with E-state index in [0.717, 1.165) is 4.90 Å². The topological polar surface area (TPSA) is 16.4 Å². The minimum absolute atomic E-state index is 0.0648. The van der Waals surface area contributed by atoms with Crippen molar-refractivity contribution in [2.24, 2.45) is 11.3 Å². The van der Waals surface area contributed by atoms with E-state index in [2.05, 4.69) is 0 Å². The van der Waals surface area contributed by atoms with Gasteiger partial charge in [-0.05, 0) is 160 Å². The van der Waals surface area contributed by atoms with Crippen molar-refractivity contribution in [1.29, 1.82) is 0 Å². The Balaban J connectivity index is 1.52. The predicted octanol–water partition coefficient (Wildman–Crippen LogP) is 16.5. The average molecular weight is 791 g/mol. The normalized spacial score (nSPS) is 20.8. The molecular formula is C57H53NO. The molecule has 0 radical (unpaired) electrons. The first kappa shape index (κ1) is 19.8. The lowest BCUT2D eigenvalue weighted by Crippen LogP contribution is -2.44. The highest BCUT2D eigenvalue weighted by atomic mass is 16.3. The zero-order valence-electron chi connectivity index (χ0n) is 57.4. The quantitative estimate of drug-likeness (QED) is 0.161. The Morgan fingerprint density at radius 1 is 0.559 bits per heavy atom. The fraction of sp³-hybridized carbons (Fsp3) is 0.228. The van der Waals surface area contributed by atoms with Gasteiger partial charge in [0.05, 0.1) is 35.8 Å². The zero-order valence-corrected chi connectivity index (χ0v) is 34.4. The minimum Gasteiger partial charge on any atom is -0.456 e. The highest BCUT2D eigenvalue weighted by Crippen LogP contribution is 2.62. The third-order valence-corrected chi connectivity index (χ3v) is 11.9. The lowest BCUT2D eigenvalue weighted by molar-refractivity contribution is 0.171. The van der Waals surface area contributed by atoms with Gasteiger partial charge in [0, 0.05) is 34.3 Å². The van der Waals surface area contributed by atoms with Gasteiger partial charge in [0.25, 0.3) is 0 Å². The van der Waals surface area contributed by atoms with Crippen LogP contribution >= 0.6 is 0 Å². The summed E-state index contributed by atoms with van der Waals surface area (Å²) in [5.41, 5.74) is -5.07. The Hall–Kier alpha value is -6.12. The van der Waals surface area contributed by atoms with Gasteiger partial charge in [-0.1, -0.05) is 131 Å². The van der Waals surface area contributed by atoms with Gasteiger partial charge in [0.1, 0.15) is 11.2 Å². The van der Waals surface area contributed by atoms with Crippen LogP contribution in [0.3, 0.4) is 0 Å². The number of aryl methyl sites for hydroxylation is 1. The molecule has 0 fully saturated rings. The molecular weight excluding hydrogens is 715 g/mol. The molecule has 1 aliphatic rings. The molecule has 1 aromatic heterocycles. The summed E-state index contributed by atoms with van der Waals surface area (Å²) in [4.78, 5) is 0.945. The number of hydrogen-bond donors (Lipinski definition) is 0. The van der Waals surface area contributed by atoms with Crippen LogP contribution in [0.15, 0.2) is 137 Å². The van der Waals surface area contributed by atoms with E-state index in [4.69, 9.17) is 16.8 Å². The number of rotatable bonds is 5. The van der Waals surface area contributed by atoms with Gasteiger partial charge in [-0.15, -0.1) is 0 Å². The van der Waals surface area contributed by atoms with E-state index >= 15 is 0 Å². The molecule has 0 saturated heterocycles. The number of fused-ring (bicyclic) bond motifs is 9. The first-order valence-corrected chi connectivity index (χ1v) is 19.3. The molecule has 0 spiro atoms. The van der Waals surface area contributed by atoms with Crippen molar-refractivity contribution in [3.05, 3.63) is 172 Å². The van der Waals surface area contributed by atoms with Gasteiger partial charge in [0.15, 0.2) is 0 Å². The second-order valence-corrected chi connectivity index (χ2v) is 16.5. The molecule has 59 heavy (non-hydrogen) atoms. The molecule has 2 heteroatoms. The Morgan fingerprint density at radius 3 is 2.03 bits per heavy atom. The molecule has 1 unspecified atom stereocenters. The highest BCUT2D eigenvalue weighted by molar-refractivity contribution is 6.16. The van der Waals surface area contributed by atoms with Gasteiger partial charge < -0.3 is 9.32 Å². The molecule has 0 saturated carbocycles. The number of furan rings is 1. The number of benzene rings is 8. The predicted molar refractivity (Wildman–Crippen MR) is 253 cm³/mol. The molecule has 10 rings (SSSR count). The summed E-state index contributed by atoms with van der Waals surface area (Å²) in [5, 5.41) is -2.34. The third kappa shape index (κ3) is 5.31. The highest BCUT2D eigenvalue weighted by Gasteiger charge is 2.53. The maximum absolute atomic E-state index is 10.8. The largest absolute Gasteiger partial charge is 0.456 e. The fourth-order valence-corrected chi connectivity index (χ4v) is 9.24. The van der Waals surface area contributed by atoms with Crippen LogP contribution in [-0.2, 0) is 5.41 Å². The van der Waals surface area contributed by atoms with Crippen LogP contribution in [0.2, 0.25) is 0 Å². The Bertz CT molecular complexity index is 4460. The summed E-state index contributed by atoms with van der Waals surface area (Å²) in [6.07, 6.45) is 0. The Morgan fingerprint density at radius 2 is 1.27 bits per heavy atom. The first-order valence-electron chi connectivity index (χ1n) is 30.8. The fourth-order valence-electron chi connectivity index (χ4n) is 9.24. The summed E-state index contributed by atoms with van der Waals surface area (Å²) in [7, 11) is 0. The zero-order chi connectivity index (χ0) is 61.2. The molecule has 8 aromatic carbocycles. The van der Waals surface area contributed by atoms with Crippen LogP contribution in [0, 0.1) is 45.9 Å². The van der Waals surface area contributed by atoms with E-state index in [9.17, 15) is 19.2 Å². The molecule has 0 N–H and O–H groups in total. The SMILES string of the molecule is [2H]c1c([2H])c([2H])c2c(c1[2H])-c1c([2H])c(C)c(N(c3c([2H])c([2H])c4oc5c([2H])c(-c6c([2H])c(C)c([2H])c([2H])c6C)c(C)c(C)c5c4c3[2H])c3c([2H])c4c([2H])c([2H])c([2H])c([2H])c4c4c([2H])c([2H])c([2H])c([2H])c34)c([2H])c1C2(C([2H])(C)C)C(C)(C)C. The Kier molecular flexibility index (Phi) is 4.42.